The molecule has 174 valence electrons. The molecule has 2 N–H and O–H groups in total. The number of ether oxygens (including phenoxy) is 1. The van der Waals surface area contributed by atoms with Gasteiger partial charge in [-0.1, -0.05) is 57.3 Å². The van der Waals surface area contributed by atoms with Crippen molar-refractivity contribution in [3.8, 4) is 0 Å². The van der Waals surface area contributed by atoms with Gasteiger partial charge in [-0.25, -0.2) is 8.78 Å². The zero-order valence-corrected chi connectivity index (χ0v) is 20.4. The predicted octanol–water partition coefficient (Wildman–Crippen LogP) is 4.64. The van der Waals surface area contributed by atoms with Gasteiger partial charge in [-0.3, -0.25) is 9.59 Å². The molecule has 0 radical (unpaired) electrons. The van der Waals surface area contributed by atoms with Crippen molar-refractivity contribution < 1.29 is 23.1 Å². The van der Waals surface area contributed by atoms with Crippen LogP contribution in [-0.4, -0.2) is 27.0 Å². The quantitative estimate of drug-likeness (QED) is 0.506. The molecule has 1 unspecified atom stereocenters. The van der Waals surface area contributed by atoms with Crippen LogP contribution in [0, 0.1) is 11.6 Å². The van der Waals surface area contributed by atoms with E-state index in [1.807, 2.05) is 26.6 Å². The van der Waals surface area contributed by atoms with E-state index < -0.39 is 31.7 Å². The van der Waals surface area contributed by atoms with Crippen molar-refractivity contribution in [2.24, 2.45) is 0 Å². The highest BCUT2D eigenvalue weighted by atomic mass is 28.3. The maximum atomic E-state index is 14.6. The van der Waals surface area contributed by atoms with Gasteiger partial charge in [-0.15, -0.1) is 0 Å². The van der Waals surface area contributed by atoms with Gasteiger partial charge >= 0.3 is 0 Å². The Morgan fingerprint density at radius 1 is 1.06 bits per heavy atom. The normalized spacial score (nSPS) is 12.3. The van der Waals surface area contributed by atoms with Crippen LogP contribution >= 0.6 is 0 Å². The number of rotatable bonds is 10. The molecule has 0 bridgehead atoms. The van der Waals surface area contributed by atoms with Crippen molar-refractivity contribution in [1.29, 1.82) is 0 Å². The summed E-state index contributed by atoms with van der Waals surface area (Å²) in [5.41, 5.74) is 1.49. The average Bonchev–Trinajstić information content (AvgIpc) is 2.69. The van der Waals surface area contributed by atoms with E-state index in [0.29, 0.717) is 18.6 Å². The molecule has 0 saturated heterocycles. The molecular weight excluding hydrogens is 430 g/mol. The monoisotopic (exact) mass is 462 g/mol. The third-order valence-electron chi connectivity index (χ3n) is 5.01. The molecule has 0 aliphatic carbocycles. The van der Waals surface area contributed by atoms with Crippen molar-refractivity contribution in [3.05, 3.63) is 59.2 Å². The van der Waals surface area contributed by atoms with Crippen molar-refractivity contribution >= 4 is 30.8 Å². The number of unbranched alkanes of at least 4 members (excludes halogenated alkanes) is 1. The summed E-state index contributed by atoms with van der Waals surface area (Å²) < 4.78 is 34.3. The van der Waals surface area contributed by atoms with E-state index in [-0.39, 0.29) is 23.2 Å². The van der Waals surface area contributed by atoms with Gasteiger partial charge in [-0.05, 0) is 29.7 Å². The van der Waals surface area contributed by atoms with Gasteiger partial charge in [-0.2, -0.15) is 0 Å². The molecule has 1 atom stereocenters. The summed E-state index contributed by atoms with van der Waals surface area (Å²) in [7, 11) is -0.650. The van der Waals surface area contributed by atoms with Crippen molar-refractivity contribution in [1.82, 2.24) is 5.32 Å². The van der Waals surface area contributed by atoms with Gasteiger partial charge < -0.3 is 15.4 Å². The molecule has 2 rings (SSSR count). The van der Waals surface area contributed by atoms with E-state index >= 15 is 0 Å². The van der Waals surface area contributed by atoms with Gasteiger partial charge in [0.25, 0.3) is 5.91 Å². The van der Waals surface area contributed by atoms with E-state index in [2.05, 4.69) is 10.6 Å². The third-order valence-corrected chi connectivity index (χ3v) is 6.99. The Kier molecular flexibility index (Phi) is 9.09. The highest BCUT2D eigenvalue weighted by Crippen LogP contribution is 2.20. The van der Waals surface area contributed by atoms with Gasteiger partial charge in [0, 0.05) is 24.4 Å². The maximum Gasteiger partial charge on any atom is 0.251 e. The Bertz CT molecular complexity index is 920. The molecule has 2 aromatic carbocycles. The number of nitrogens with one attached hydrogen (secondary N) is 2. The minimum absolute atomic E-state index is 0.0100. The molecule has 0 spiro atoms. The molecule has 2 amide bonds. The Balaban J connectivity index is 2.30. The summed E-state index contributed by atoms with van der Waals surface area (Å²) in [5, 5.41) is 5.39. The molecule has 2 aromatic rings. The van der Waals surface area contributed by atoms with Gasteiger partial charge in [0.2, 0.25) is 5.91 Å². The Hall–Kier alpha value is -2.58. The van der Waals surface area contributed by atoms with Crippen LogP contribution in [-0.2, 0) is 20.9 Å². The summed E-state index contributed by atoms with van der Waals surface area (Å²) >= 11 is 0. The first kappa shape index (κ1) is 25.7. The highest BCUT2D eigenvalue weighted by molar-refractivity contribution is 6.88. The molecular formula is C24H32F2N2O3Si. The van der Waals surface area contributed by atoms with Crippen LogP contribution in [0.1, 0.15) is 43.4 Å². The van der Waals surface area contributed by atoms with Gasteiger partial charge in [0.1, 0.15) is 17.7 Å². The minimum Gasteiger partial charge on any atom is -0.380 e. The number of halogens is 2. The number of amides is 2. The van der Waals surface area contributed by atoms with Crippen LogP contribution in [0.5, 0.6) is 0 Å². The average molecular weight is 463 g/mol. The van der Waals surface area contributed by atoms with E-state index in [4.69, 9.17) is 4.74 Å². The number of methoxy groups -OCH3 is 1. The first-order chi connectivity index (χ1) is 15.1. The fourth-order valence-electron chi connectivity index (χ4n) is 3.42. The van der Waals surface area contributed by atoms with E-state index in [0.717, 1.165) is 24.1 Å². The predicted molar refractivity (Wildman–Crippen MR) is 126 cm³/mol. The van der Waals surface area contributed by atoms with Crippen LogP contribution in [0.4, 0.5) is 14.5 Å². The number of carbonyl (C=O) groups excluding carboxylic acids is 2. The molecule has 0 fully saturated rings. The SMILES string of the molecule is CCCCC(=O)NC(C(=O)Nc1cc(F)c([Si](C)(C)C)c(F)c1)c1ccc(COC)cc1. The lowest BCUT2D eigenvalue weighted by Crippen LogP contribution is -2.42. The van der Waals surface area contributed by atoms with E-state index in [9.17, 15) is 18.4 Å². The van der Waals surface area contributed by atoms with Crippen molar-refractivity contribution in [2.75, 3.05) is 12.4 Å². The lowest BCUT2D eigenvalue weighted by atomic mass is 10.0. The maximum absolute atomic E-state index is 14.6. The van der Waals surface area contributed by atoms with Crippen molar-refractivity contribution in [3.63, 3.8) is 0 Å². The van der Waals surface area contributed by atoms with E-state index in [1.54, 1.807) is 31.4 Å². The molecule has 32 heavy (non-hydrogen) atoms. The van der Waals surface area contributed by atoms with Crippen LogP contribution in [0.3, 0.4) is 0 Å². The number of hydrogen-bond donors (Lipinski definition) is 2. The highest BCUT2D eigenvalue weighted by Gasteiger charge is 2.27. The zero-order chi connectivity index (χ0) is 23.9. The topological polar surface area (TPSA) is 67.4 Å². The summed E-state index contributed by atoms with van der Waals surface area (Å²) in [6.45, 7) is 7.94. The third kappa shape index (κ3) is 6.96. The second-order valence-corrected chi connectivity index (χ2v) is 13.8. The standard InChI is InChI=1S/C24H32F2N2O3Si/c1-6-7-8-21(29)28-22(17-11-9-16(10-12-17)15-31-2)24(30)27-18-13-19(25)23(20(26)14-18)32(3,4)5/h9-14,22H,6-8,15H2,1-5H3,(H,27,30)(H,28,29). The smallest absolute Gasteiger partial charge is 0.251 e. The lowest BCUT2D eigenvalue weighted by Gasteiger charge is -2.21. The number of benzene rings is 2. The largest absolute Gasteiger partial charge is 0.380 e. The van der Waals surface area contributed by atoms with Crippen LogP contribution in [0.2, 0.25) is 19.6 Å². The number of hydrogen-bond acceptors (Lipinski definition) is 3. The fraction of sp³-hybridized carbons (Fsp3) is 0.417. The first-order valence-corrected chi connectivity index (χ1v) is 14.2. The molecule has 0 aliphatic heterocycles. The second-order valence-electron chi connectivity index (χ2n) is 8.83. The second kappa shape index (κ2) is 11.3. The Morgan fingerprint density at radius 3 is 2.16 bits per heavy atom. The molecule has 8 heteroatoms. The summed E-state index contributed by atoms with van der Waals surface area (Å²) in [6, 6.07) is 8.33. The molecule has 0 saturated carbocycles. The van der Waals surface area contributed by atoms with Crippen LogP contribution in [0.15, 0.2) is 36.4 Å². The van der Waals surface area contributed by atoms with Gasteiger partial charge in [0.05, 0.1) is 14.7 Å². The molecule has 0 aromatic heterocycles. The summed E-state index contributed by atoms with van der Waals surface area (Å²) in [6.07, 6.45) is 1.83. The lowest BCUT2D eigenvalue weighted by molar-refractivity contribution is -0.126. The summed E-state index contributed by atoms with van der Waals surface area (Å²) in [5.74, 6) is -2.19. The van der Waals surface area contributed by atoms with Gasteiger partial charge in [0.15, 0.2) is 0 Å². The Labute approximate surface area is 189 Å². The van der Waals surface area contributed by atoms with Crippen LogP contribution in [0.25, 0.3) is 0 Å². The molecule has 5 nitrogen and oxygen atoms in total. The molecule has 0 heterocycles. The Morgan fingerprint density at radius 2 is 1.66 bits per heavy atom. The van der Waals surface area contributed by atoms with Crippen LogP contribution < -0.4 is 15.8 Å². The number of carbonyl (C=O) groups is 2. The first-order valence-electron chi connectivity index (χ1n) is 10.7. The van der Waals surface area contributed by atoms with E-state index in [1.165, 1.54) is 0 Å². The van der Waals surface area contributed by atoms with Crippen molar-refractivity contribution in [2.45, 2.75) is 58.5 Å². The molecule has 0 aliphatic rings. The fourth-order valence-corrected chi connectivity index (χ4v) is 5.00. The zero-order valence-electron chi connectivity index (χ0n) is 19.4. The number of anilines is 1. The minimum atomic E-state index is -2.24. The summed E-state index contributed by atoms with van der Waals surface area (Å²) in [4.78, 5) is 25.4.